The molecule has 0 saturated carbocycles. The van der Waals surface area contributed by atoms with Gasteiger partial charge in [0.15, 0.2) is 5.78 Å². The van der Waals surface area contributed by atoms with E-state index in [2.05, 4.69) is 5.10 Å². The largest absolute Gasteiger partial charge is 0.343 e. The van der Waals surface area contributed by atoms with Crippen LogP contribution in [0.3, 0.4) is 0 Å². The number of Topliss-reactive ketones (excluding diaryl/α,β-unsaturated/α-hetero) is 1. The molecule has 8 nitrogen and oxygen atoms in total. The Balaban J connectivity index is 1.87. The molecule has 0 aliphatic carbocycles. The van der Waals surface area contributed by atoms with Crippen molar-refractivity contribution in [1.29, 1.82) is 0 Å². The van der Waals surface area contributed by atoms with Gasteiger partial charge in [-0.25, -0.2) is 0 Å². The first-order valence-corrected chi connectivity index (χ1v) is 5.13. The molecule has 2 aliphatic rings. The third-order valence-electron chi connectivity index (χ3n) is 2.95. The van der Waals surface area contributed by atoms with Gasteiger partial charge in [-0.05, 0) is 0 Å². The highest BCUT2D eigenvalue weighted by Crippen LogP contribution is 2.33. The maximum atomic E-state index is 11.6. The molecule has 1 unspecified atom stereocenters. The number of hydrogen-bond donors (Lipinski definition) is 0. The first-order valence-electron chi connectivity index (χ1n) is 5.13. The van der Waals surface area contributed by atoms with Gasteiger partial charge >= 0.3 is 5.69 Å². The molecule has 0 aromatic carbocycles. The predicted octanol–water partition coefficient (Wildman–Crippen LogP) is 0.0467. The van der Waals surface area contributed by atoms with Crippen molar-refractivity contribution >= 4 is 11.5 Å². The van der Waals surface area contributed by atoms with Crippen molar-refractivity contribution in [2.75, 3.05) is 6.61 Å². The summed E-state index contributed by atoms with van der Waals surface area (Å²) in [5, 5.41) is 14.4. The quantitative estimate of drug-likeness (QED) is 0.534. The number of carbonyl (C=O) groups excluding carboxylic acids is 1. The van der Waals surface area contributed by atoms with E-state index in [4.69, 9.17) is 9.47 Å². The highest BCUT2D eigenvalue weighted by Gasteiger charge is 2.44. The molecule has 0 radical (unpaired) electrons. The second kappa shape index (κ2) is 3.60. The maximum absolute atomic E-state index is 11.6. The minimum atomic E-state index is -0.762. The maximum Gasteiger partial charge on any atom is 0.307 e. The van der Waals surface area contributed by atoms with Crippen LogP contribution in [-0.4, -0.2) is 39.5 Å². The van der Waals surface area contributed by atoms with E-state index < -0.39 is 11.2 Å². The average molecular weight is 239 g/mol. The van der Waals surface area contributed by atoms with Gasteiger partial charge in [0.25, 0.3) is 0 Å². The van der Waals surface area contributed by atoms with Gasteiger partial charge in [0.05, 0.1) is 17.6 Å². The van der Waals surface area contributed by atoms with Gasteiger partial charge in [-0.3, -0.25) is 19.6 Å². The molecular formula is C9H9N3O5. The van der Waals surface area contributed by atoms with E-state index in [1.807, 2.05) is 0 Å². The molecular weight excluding hydrogens is 230 g/mol. The van der Waals surface area contributed by atoms with E-state index in [0.717, 1.165) is 6.20 Å². The van der Waals surface area contributed by atoms with Crippen LogP contribution in [0.15, 0.2) is 12.4 Å². The fourth-order valence-electron chi connectivity index (χ4n) is 2.09. The molecule has 1 aromatic heterocycles. The topological polar surface area (TPSA) is 96.5 Å². The Kier molecular flexibility index (Phi) is 2.20. The number of aromatic nitrogens is 2. The molecule has 3 atom stereocenters. The summed E-state index contributed by atoms with van der Waals surface area (Å²) in [7, 11) is 0. The van der Waals surface area contributed by atoms with E-state index >= 15 is 0 Å². The Hall–Kier alpha value is -1.80. The summed E-state index contributed by atoms with van der Waals surface area (Å²) in [6, 6.07) is -0.324. The fourth-order valence-corrected chi connectivity index (χ4v) is 2.09. The van der Waals surface area contributed by atoms with E-state index in [0.29, 0.717) is 6.61 Å². The summed E-state index contributed by atoms with van der Waals surface area (Å²) in [5.41, 5.74) is -0.0986. The van der Waals surface area contributed by atoms with E-state index in [-0.39, 0.29) is 30.0 Å². The molecule has 3 heterocycles. The van der Waals surface area contributed by atoms with Crippen molar-refractivity contribution in [1.82, 2.24) is 9.78 Å². The van der Waals surface area contributed by atoms with E-state index in [1.54, 1.807) is 0 Å². The Morgan fingerprint density at radius 1 is 1.59 bits per heavy atom. The third kappa shape index (κ3) is 1.61. The highest BCUT2D eigenvalue weighted by molar-refractivity contribution is 5.83. The number of hydrogen-bond acceptors (Lipinski definition) is 6. The summed E-state index contributed by atoms with van der Waals surface area (Å²) in [5.74, 6) is -0.151. The first kappa shape index (κ1) is 10.4. The van der Waals surface area contributed by atoms with Crippen molar-refractivity contribution in [2.45, 2.75) is 24.9 Å². The lowest BCUT2D eigenvalue weighted by Crippen LogP contribution is -2.37. The first-order chi connectivity index (χ1) is 8.15. The van der Waals surface area contributed by atoms with Crippen LogP contribution in [0, 0.1) is 10.1 Å². The second-order valence-electron chi connectivity index (χ2n) is 4.01. The standard InChI is InChI=1S/C9H9N3O5/c13-7-1-6(8-4-16-9(7)17-8)11-3-5(2-10-11)12(14)15/h2-3,6,8-9H,1,4H2/t6-,8?,9+/m0/s1. The number of nitro groups is 1. The lowest BCUT2D eigenvalue weighted by molar-refractivity contribution is -0.385. The Bertz CT molecular complexity index is 485. The normalized spacial score (nSPS) is 31.8. The van der Waals surface area contributed by atoms with Crippen molar-refractivity contribution < 1.29 is 19.2 Å². The number of fused-ring (bicyclic) bond motifs is 2. The van der Waals surface area contributed by atoms with Gasteiger partial charge in [-0.2, -0.15) is 5.10 Å². The molecule has 2 bridgehead atoms. The van der Waals surface area contributed by atoms with Gasteiger partial charge in [0.1, 0.15) is 18.5 Å². The summed E-state index contributed by atoms with van der Waals surface area (Å²) >= 11 is 0. The summed E-state index contributed by atoms with van der Waals surface area (Å²) in [6.45, 7) is 0.314. The molecule has 1 aromatic rings. The van der Waals surface area contributed by atoms with Crippen molar-refractivity contribution in [3.05, 3.63) is 22.5 Å². The summed E-state index contributed by atoms with van der Waals surface area (Å²) < 4.78 is 11.9. The molecule has 90 valence electrons. The lowest BCUT2D eigenvalue weighted by atomic mass is 10.0. The van der Waals surface area contributed by atoms with Crippen LogP contribution < -0.4 is 0 Å². The highest BCUT2D eigenvalue weighted by atomic mass is 16.7. The molecule has 0 N–H and O–H groups in total. The van der Waals surface area contributed by atoms with E-state index in [9.17, 15) is 14.9 Å². The zero-order valence-corrected chi connectivity index (χ0v) is 8.68. The van der Waals surface area contributed by atoms with Crippen LogP contribution in [-0.2, 0) is 14.3 Å². The number of nitrogens with zero attached hydrogens (tertiary/aromatic N) is 3. The molecule has 17 heavy (non-hydrogen) atoms. The fraction of sp³-hybridized carbons (Fsp3) is 0.556. The molecule has 0 amide bonds. The van der Waals surface area contributed by atoms with Gasteiger partial charge in [0, 0.05) is 6.42 Å². The number of carbonyl (C=O) groups is 1. The lowest BCUT2D eigenvalue weighted by Gasteiger charge is -2.26. The zero-order chi connectivity index (χ0) is 12.0. The number of ketones is 1. The van der Waals surface area contributed by atoms with Gasteiger partial charge < -0.3 is 9.47 Å². The van der Waals surface area contributed by atoms with Gasteiger partial charge in [-0.15, -0.1) is 0 Å². The predicted molar refractivity (Wildman–Crippen MR) is 52.2 cm³/mol. The monoisotopic (exact) mass is 239 g/mol. The molecule has 0 spiro atoms. The van der Waals surface area contributed by atoms with E-state index in [1.165, 1.54) is 10.9 Å². The van der Waals surface area contributed by atoms with Crippen molar-refractivity contribution in [3.63, 3.8) is 0 Å². The van der Waals surface area contributed by atoms with Gasteiger partial charge in [0.2, 0.25) is 6.29 Å². The molecule has 2 saturated heterocycles. The minimum Gasteiger partial charge on any atom is -0.343 e. The van der Waals surface area contributed by atoms with Crippen LogP contribution >= 0.6 is 0 Å². The summed E-state index contributed by atoms with van der Waals surface area (Å²) in [6.07, 6.45) is 1.67. The molecule has 3 rings (SSSR count). The molecule has 8 heteroatoms. The van der Waals surface area contributed by atoms with Crippen molar-refractivity contribution in [2.24, 2.45) is 0 Å². The average Bonchev–Trinajstić information content (AvgIpc) is 2.93. The Morgan fingerprint density at radius 3 is 3.12 bits per heavy atom. The molecule has 2 fully saturated rings. The smallest absolute Gasteiger partial charge is 0.307 e. The second-order valence-corrected chi connectivity index (χ2v) is 4.01. The number of rotatable bonds is 2. The van der Waals surface area contributed by atoms with Gasteiger partial charge in [-0.1, -0.05) is 0 Å². The Labute approximate surface area is 95.3 Å². The van der Waals surface area contributed by atoms with Crippen LogP contribution in [0.4, 0.5) is 5.69 Å². The third-order valence-corrected chi connectivity index (χ3v) is 2.95. The minimum absolute atomic E-state index is 0.0986. The SMILES string of the molecule is O=C1C[C@H](n2cc([N+](=O)[O-])cn2)C2CO[C@@H]1O2. The Morgan fingerprint density at radius 2 is 2.41 bits per heavy atom. The molecule has 2 aliphatic heterocycles. The van der Waals surface area contributed by atoms with Crippen LogP contribution in [0.5, 0.6) is 0 Å². The van der Waals surface area contributed by atoms with Crippen LogP contribution in [0.1, 0.15) is 12.5 Å². The van der Waals surface area contributed by atoms with Crippen LogP contribution in [0.2, 0.25) is 0 Å². The summed E-state index contributed by atoms with van der Waals surface area (Å²) in [4.78, 5) is 21.6. The van der Waals surface area contributed by atoms with Crippen LogP contribution in [0.25, 0.3) is 0 Å². The zero-order valence-electron chi connectivity index (χ0n) is 8.68. The number of ether oxygens (including phenoxy) is 2. The van der Waals surface area contributed by atoms with Crippen molar-refractivity contribution in [3.8, 4) is 0 Å².